The van der Waals surface area contributed by atoms with Crippen LogP contribution in [0.15, 0.2) is 72.5 Å². The van der Waals surface area contributed by atoms with Gasteiger partial charge in [0.25, 0.3) is 5.91 Å². The number of carbonyl (C=O) groups is 1. The number of nitriles is 1. The average Bonchev–Trinajstić information content (AvgIpc) is 3.39. The summed E-state index contributed by atoms with van der Waals surface area (Å²) in [5, 5.41) is 8.98. The van der Waals surface area contributed by atoms with E-state index in [0.717, 1.165) is 51.0 Å². The van der Waals surface area contributed by atoms with Crippen molar-refractivity contribution in [3.8, 4) is 11.8 Å². The highest BCUT2D eigenvalue weighted by atomic mass is 19.1. The molecule has 0 spiro atoms. The van der Waals surface area contributed by atoms with Gasteiger partial charge in [0, 0.05) is 51.4 Å². The van der Waals surface area contributed by atoms with Gasteiger partial charge in [0.15, 0.2) is 0 Å². The Morgan fingerprint density at radius 1 is 1.03 bits per heavy atom. The van der Waals surface area contributed by atoms with E-state index in [1.54, 1.807) is 12.1 Å². The van der Waals surface area contributed by atoms with Gasteiger partial charge in [-0.25, -0.2) is 4.39 Å². The van der Waals surface area contributed by atoms with Crippen molar-refractivity contribution in [2.45, 2.75) is 38.0 Å². The third-order valence-electron chi connectivity index (χ3n) is 7.23. The summed E-state index contributed by atoms with van der Waals surface area (Å²) in [6.45, 7) is 4.94. The molecule has 5 rings (SSSR count). The number of likely N-dealkylation sites (tertiary alicyclic amines) is 2. The van der Waals surface area contributed by atoms with Crippen LogP contribution in [0, 0.1) is 17.1 Å². The second-order valence-electron chi connectivity index (χ2n) is 9.73. The van der Waals surface area contributed by atoms with Gasteiger partial charge in [-0.15, -0.1) is 0 Å². The Morgan fingerprint density at radius 2 is 1.78 bits per heavy atom. The molecule has 2 aromatic rings. The first-order valence-electron chi connectivity index (χ1n) is 12.6. The van der Waals surface area contributed by atoms with Crippen molar-refractivity contribution in [2.75, 3.05) is 32.7 Å². The minimum Gasteiger partial charge on any atom is -0.489 e. The van der Waals surface area contributed by atoms with Crippen molar-refractivity contribution in [2.24, 2.45) is 0 Å². The molecule has 0 aliphatic carbocycles. The van der Waals surface area contributed by atoms with Gasteiger partial charge in [-0.3, -0.25) is 9.69 Å². The molecular formula is C29H31FN4O2. The molecule has 2 fully saturated rings. The Morgan fingerprint density at radius 3 is 2.50 bits per heavy atom. The second kappa shape index (κ2) is 11.0. The van der Waals surface area contributed by atoms with Gasteiger partial charge >= 0.3 is 0 Å². The molecule has 36 heavy (non-hydrogen) atoms. The highest BCUT2D eigenvalue weighted by molar-refractivity contribution is 5.96. The number of ether oxygens (including phenoxy) is 1. The Labute approximate surface area is 211 Å². The SMILES string of the molecule is N#Cc1ccc(CN2CCC(N3C=C(C(=O)N4CC[C@H](Oc5ccc(F)cc5)C4)C=CC3)CC2)cc1. The van der Waals surface area contributed by atoms with Crippen LogP contribution in [0.2, 0.25) is 0 Å². The number of rotatable bonds is 6. The zero-order chi connectivity index (χ0) is 24.9. The molecule has 186 valence electrons. The van der Waals surface area contributed by atoms with Crippen molar-refractivity contribution in [3.05, 3.63) is 89.4 Å². The molecule has 3 aliphatic heterocycles. The Bertz CT molecular complexity index is 1160. The molecule has 0 bridgehead atoms. The third-order valence-corrected chi connectivity index (χ3v) is 7.23. The molecule has 0 aromatic heterocycles. The summed E-state index contributed by atoms with van der Waals surface area (Å²) >= 11 is 0. The van der Waals surface area contributed by atoms with Crippen molar-refractivity contribution >= 4 is 5.91 Å². The molecule has 0 N–H and O–H groups in total. The van der Waals surface area contributed by atoms with E-state index in [4.69, 9.17) is 10.00 Å². The molecule has 0 saturated carbocycles. The lowest BCUT2D eigenvalue weighted by atomic mass is 10.0. The quantitative estimate of drug-likeness (QED) is 0.616. The van der Waals surface area contributed by atoms with E-state index >= 15 is 0 Å². The van der Waals surface area contributed by atoms with Gasteiger partial charge in [-0.2, -0.15) is 5.26 Å². The summed E-state index contributed by atoms with van der Waals surface area (Å²) in [5.74, 6) is 0.381. The lowest BCUT2D eigenvalue weighted by Crippen LogP contribution is -2.43. The monoisotopic (exact) mass is 486 g/mol. The number of hydrogen-bond acceptors (Lipinski definition) is 5. The maximum atomic E-state index is 13.2. The zero-order valence-corrected chi connectivity index (χ0v) is 20.4. The number of halogens is 1. The van der Waals surface area contributed by atoms with E-state index in [2.05, 4.69) is 21.9 Å². The maximum absolute atomic E-state index is 13.2. The van der Waals surface area contributed by atoms with Crippen LogP contribution >= 0.6 is 0 Å². The number of benzene rings is 2. The van der Waals surface area contributed by atoms with Crippen molar-refractivity contribution in [1.82, 2.24) is 14.7 Å². The fraction of sp³-hybridized carbons (Fsp3) is 0.379. The molecule has 2 saturated heterocycles. The Hall–Kier alpha value is -3.63. The predicted molar refractivity (Wildman–Crippen MR) is 135 cm³/mol. The highest BCUT2D eigenvalue weighted by Gasteiger charge is 2.30. The third kappa shape index (κ3) is 5.77. The minimum absolute atomic E-state index is 0.0411. The molecule has 1 atom stereocenters. The van der Waals surface area contributed by atoms with Gasteiger partial charge in [-0.1, -0.05) is 24.3 Å². The smallest absolute Gasteiger partial charge is 0.255 e. The van der Waals surface area contributed by atoms with E-state index < -0.39 is 0 Å². The first-order valence-corrected chi connectivity index (χ1v) is 12.6. The summed E-state index contributed by atoms with van der Waals surface area (Å²) in [4.78, 5) is 19.8. The van der Waals surface area contributed by atoms with E-state index in [1.807, 2.05) is 41.4 Å². The lowest BCUT2D eigenvalue weighted by Gasteiger charge is -2.39. The molecule has 0 radical (unpaired) electrons. The van der Waals surface area contributed by atoms with E-state index in [0.29, 0.717) is 30.4 Å². The lowest BCUT2D eigenvalue weighted by molar-refractivity contribution is -0.126. The number of hydrogen-bond donors (Lipinski definition) is 0. The Kier molecular flexibility index (Phi) is 7.33. The van der Waals surface area contributed by atoms with Crippen LogP contribution in [0.4, 0.5) is 4.39 Å². The van der Waals surface area contributed by atoms with Crippen LogP contribution in [0.1, 0.15) is 30.4 Å². The van der Waals surface area contributed by atoms with Gasteiger partial charge in [0.05, 0.1) is 23.8 Å². The fourth-order valence-electron chi connectivity index (χ4n) is 5.21. The molecule has 3 heterocycles. The van der Waals surface area contributed by atoms with Gasteiger partial charge in [0.1, 0.15) is 17.7 Å². The molecule has 0 unspecified atom stereocenters. The van der Waals surface area contributed by atoms with Crippen LogP contribution < -0.4 is 4.74 Å². The minimum atomic E-state index is -0.289. The number of amides is 1. The van der Waals surface area contributed by atoms with Crippen molar-refractivity contribution < 1.29 is 13.9 Å². The van der Waals surface area contributed by atoms with Crippen LogP contribution in [-0.2, 0) is 11.3 Å². The fourth-order valence-corrected chi connectivity index (χ4v) is 5.21. The topological polar surface area (TPSA) is 59.8 Å². The number of nitrogens with zero attached hydrogens (tertiary/aromatic N) is 4. The van der Waals surface area contributed by atoms with E-state index in [1.165, 1.54) is 17.7 Å². The molecule has 2 aromatic carbocycles. The van der Waals surface area contributed by atoms with Crippen molar-refractivity contribution in [1.29, 1.82) is 5.26 Å². The van der Waals surface area contributed by atoms with E-state index in [-0.39, 0.29) is 17.8 Å². The molecular weight excluding hydrogens is 455 g/mol. The van der Waals surface area contributed by atoms with Crippen molar-refractivity contribution in [3.63, 3.8) is 0 Å². The summed E-state index contributed by atoms with van der Waals surface area (Å²) in [6.07, 6.45) is 8.85. The van der Waals surface area contributed by atoms with Gasteiger partial charge in [-0.05, 0) is 54.8 Å². The highest BCUT2D eigenvalue weighted by Crippen LogP contribution is 2.24. The van der Waals surface area contributed by atoms with Gasteiger partial charge < -0.3 is 14.5 Å². The second-order valence-corrected chi connectivity index (χ2v) is 9.73. The number of carbonyl (C=O) groups excluding carboxylic acids is 1. The molecule has 7 heteroatoms. The molecule has 6 nitrogen and oxygen atoms in total. The normalized spacial score (nSPS) is 20.8. The maximum Gasteiger partial charge on any atom is 0.255 e. The molecule has 1 amide bonds. The first-order chi connectivity index (χ1) is 17.6. The predicted octanol–water partition coefficient (Wildman–Crippen LogP) is 4.10. The van der Waals surface area contributed by atoms with Gasteiger partial charge in [0.2, 0.25) is 0 Å². The molecule has 3 aliphatic rings. The van der Waals surface area contributed by atoms with Crippen LogP contribution in [0.5, 0.6) is 5.75 Å². The largest absolute Gasteiger partial charge is 0.489 e. The van der Waals surface area contributed by atoms with Crippen LogP contribution in [0.3, 0.4) is 0 Å². The van der Waals surface area contributed by atoms with Crippen LogP contribution in [-0.4, -0.2) is 65.5 Å². The zero-order valence-electron chi connectivity index (χ0n) is 20.4. The summed E-state index contributed by atoms with van der Waals surface area (Å²) in [7, 11) is 0. The number of piperidine rings is 1. The summed E-state index contributed by atoms with van der Waals surface area (Å²) < 4.78 is 19.1. The Balaban J connectivity index is 1.12. The summed E-state index contributed by atoms with van der Waals surface area (Å²) in [6, 6.07) is 16.4. The first kappa shape index (κ1) is 24.1. The summed E-state index contributed by atoms with van der Waals surface area (Å²) in [5.41, 5.74) is 2.65. The van der Waals surface area contributed by atoms with E-state index in [9.17, 15) is 9.18 Å². The standard InChI is InChI=1S/C29H31FN4O2/c30-25-7-9-27(10-8-25)36-28-13-17-34(21-28)29(35)24-2-1-14-33(20-24)26-11-15-32(16-12-26)19-23-5-3-22(18-31)4-6-23/h1-10,20,26,28H,11-17,19,21H2/t28-/m0/s1. The average molecular weight is 487 g/mol. The van der Waals surface area contributed by atoms with Crippen LogP contribution in [0.25, 0.3) is 0 Å².